The van der Waals surface area contributed by atoms with Crippen molar-refractivity contribution in [2.24, 2.45) is 0 Å². The van der Waals surface area contributed by atoms with Gasteiger partial charge in [0.25, 0.3) is 0 Å². The van der Waals surface area contributed by atoms with Crippen LogP contribution in [-0.2, 0) is 22.8 Å². The highest BCUT2D eigenvalue weighted by molar-refractivity contribution is 7.90. The van der Waals surface area contributed by atoms with E-state index in [2.05, 4.69) is 52.7 Å². The second kappa shape index (κ2) is 9.42. The predicted molar refractivity (Wildman–Crippen MR) is 151 cm³/mol. The maximum atomic E-state index is 11.7. The fourth-order valence-corrected chi connectivity index (χ4v) is 5.38. The molecule has 6 aromatic rings. The van der Waals surface area contributed by atoms with Gasteiger partial charge in [0.05, 0.1) is 23.5 Å². The number of rotatable bonds is 7. The summed E-state index contributed by atoms with van der Waals surface area (Å²) in [7, 11) is -3.06. The molecule has 0 radical (unpaired) electrons. The van der Waals surface area contributed by atoms with Gasteiger partial charge in [-0.1, -0.05) is 60.7 Å². The molecule has 0 fully saturated rings. The minimum Gasteiger partial charge on any atom is -0.382 e. The highest BCUT2D eigenvalue weighted by atomic mass is 32.2. The number of sulfone groups is 1. The Kier molecular flexibility index (Phi) is 5.92. The van der Waals surface area contributed by atoms with Crippen molar-refractivity contribution >= 4 is 32.1 Å². The third-order valence-corrected chi connectivity index (χ3v) is 7.57. The van der Waals surface area contributed by atoms with Gasteiger partial charge in [-0.25, -0.2) is 17.9 Å². The van der Waals surface area contributed by atoms with Crippen LogP contribution in [0.4, 0.5) is 5.82 Å². The largest absolute Gasteiger partial charge is 0.382 e. The fraction of sp³-hybridized carbons (Fsp3) is 0.138. The smallest absolute Gasteiger partial charge is 0.152 e. The van der Waals surface area contributed by atoms with Gasteiger partial charge in [0.15, 0.2) is 5.82 Å². The van der Waals surface area contributed by atoms with E-state index >= 15 is 0 Å². The molecule has 0 atom stereocenters. The van der Waals surface area contributed by atoms with Crippen LogP contribution in [-0.4, -0.2) is 44.8 Å². The average Bonchev–Trinajstić information content (AvgIpc) is 3.49. The predicted octanol–water partition coefficient (Wildman–Crippen LogP) is 4.63. The number of benzene rings is 3. The Hall–Kier alpha value is -4.50. The van der Waals surface area contributed by atoms with Crippen molar-refractivity contribution in [3.8, 4) is 22.4 Å². The zero-order chi connectivity index (χ0) is 26.3. The number of nitrogens with two attached hydrogens (primary N) is 1. The van der Waals surface area contributed by atoms with Crippen molar-refractivity contribution in [1.82, 2.24) is 24.4 Å². The summed E-state index contributed by atoms with van der Waals surface area (Å²) in [5, 5.41) is 10.4. The molecule has 0 amide bonds. The Morgan fingerprint density at radius 1 is 0.895 bits per heavy atom. The first-order chi connectivity index (χ1) is 18.3. The topological polar surface area (TPSA) is 108 Å². The van der Waals surface area contributed by atoms with Crippen molar-refractivity contribution in [2.75, 3.05) is 17.7 Å². The fourth-order valence-electron chi connectivity index (χ4n) is 4.77. The maximum absolute atomic E-state index is 11.7. The van der Waals surface area contributed by atoms with Crippen molar-refractivity contribution in [2.45, 2.75) is 13.0 Å². The van der Waals surface area contributed by atoms with Crippen LogP contribution in [0.25, 0.3) is 38.8 Å². The van der Waals surface area contributed by atoms with Crippen molar-refractivity contribution in [1.29, 1.82) is 0 Å². The molecule has 0 spiro atoms. The molecule has 3 heterocycles. The number of hydrogen-bond donors (Lipinski definition) is 1. The van der Waals surface area contributed by atoms with E-state index in [0.29, 0.717) is 24.3 Å². The minimum atomic E-state index is -3.06. The first-order valence-corrected chi connectivity index (χ1v) is 14.3. The van der Waals surface area contributed by atoms with Gasteiger partial charge < -0.3 is 5.73 Å². The molecule has 0 saturated carbocycles. The standard InChI is InChI=1S/C29H26N6O2S/c1-38(36,37)13-12-20-8-5-9-23(14-20)27-16-25(28-29(30)31-19-32-35(27)28)22-10-11-24-18-34(33-26(24)15-22)17-21-6-3-2-4-7-21/h2-11,14-16,18-19H,12-13,17H2,1H3,(H2,30,31,32). The Morgan fingerprint density at radius 2 is 1.71 bits per heavy atom. The second-order valence-corrected chi connectivity index (χ2v) is 11.8. The van der Waals surface area contributed by atoms with Crippen LogP contribution in [0.2, 0.25) is 0 Å². The number of fused-ring (bicyclic) bond motifs is 2. The summed E-state index contributed by atoms with van der Waals surface area (Å²) in [6, 6.07) is 26.3. The van der Waals surface area contributed by atoms with Crippen molar-refractivity contribution in [3.63, 3.8) is 0 Å². The average molecular weight is 523 g/mol. The van der Waals surface area contributed by atoms with Gasteiger partial charge in [-0.15, -0.1) is 0 Å². The number of nitrogens with zero attached hydrogens (tertiary/aromatic N) is 5. The molecule has 0 aliphatic heterocycles. The maximum Gasteiger partial charge on any atom is 0.152 e. The molecule has 3 aromatic heterocycles. The SMILES string of the molecule is CS(=O)(=O)CCc1cccc(-c2cc(-c3ccc4cn(Cc5ccccc5)nc4c3)c3c(N)ncnn23)c1. The number of hydrogen-bond acceptors (Lipinski definition) is 6. The highest BCUT2D eigenvalue weighted by Gasteiger charge is 2.18. The summed E-state index contributed by atoms with van der Waals surface area (Å²) < 4.78 is 27.1. The van der Waals surface area contributed by atoms with Gasteiger partial charge in [0.2, 0.25) is 0 Å². The first-order valence-electron chi connectivity index (χ1n) is 12.2. The number of anilines is 1. The van der Waals surface area contributed by atoms with Crippen LogP contribution in [0.5, 0.6) is 0 Å². The molecule has 8 nitrogen and oxygen atoms in total. The molecule has 2 N–H and O–H groups in total. The lowest BCUT2D eigenvalue weighted by Gasteiger charge is -2.06. The Morgan fingerprint density at radius 3 is 2.53 bits per heavy atom. The molecule has 3 aromatic carbocycles. The minimum absolute atomic E-state index is 0.0999. The molecular weight excluding hydrogens is 496 g/mol. The van der Waals surface area contributed by atoms with Crippen LogP contribution < -0.4 is 5.73 Å². The van der Waals surface area contributed by atoms with Gasteiger partial charge in [0.1, 0.15) is 21.7 Å². The molecule has 0 aliphatic carbocycles. The van der Waals surface area contributed by atoms with Gasteiger partial charge >= 0.3 is 0 Å². The van der Waals surface area contributed by atoms with E-state index in [0.717, 1.165) is 38.9 Å². The van der Waals surface area contributed by atoms with Gasteiger partial charge in [0, 0.05) is 29.0 Å². The van der Waals surface area contributed by atoms with Crippen LogP contribution in [0, 0.1) is 0 Å². The summed E-state index contributed by atoms with van der Waals surface area (Å²) in [6.07, 6.45) is 5.19. The molecule has 9 heteroatoms. The second-order valence-electron chi connectivity index (χ2n) is 9.52. The van der Waals surface area contributed by atoms with E-state index in [1.54, 1.807) is 4.52 Å². The Bertz CT molecular complexity index is 1890. The van der Waals surface area contributed by atoms with Gasteiger partial charge in [-0.3, -0.25) is 4.68 Å². The van der Waals surface area contributed by atoms with Crippen LogP contribution in [0.15, 0.2) is 91.4 Å². The van der Waals surface area contributed by atoms with Crippen molar-refractivity contribution in [3.05, 3.63) is 103 Å². The number of nitrogen functional groups attached to an aromatic ring is 1. The summed E-state index contributed by atoms with van der Waals surface area (Å²) in [6.45, 7) is 0.695. The van der Waals surface area contributed by atoms with Gasteiger partial charge in [-0.05, 0) is 41.3 Å². The lowest BCUT2D eigenvalue weighted by atomic mass is 10.0. The summed E-state index contributed by atoms with van der Waals surface area (Å²) in [5.41, 5.74) is 13.7. The van der Waals surface area contributed by atoms with E-state index < -0.39 is 9.84 Å². The lowest BCUT2D eigenvalue weighted by Crippen LogP contribution is -2.06. The molecule has 0 saturated heterocycles. The molecule has 6 rings (SSSR count). The Labute approximate surface area is 220 Å². The normalized spacial score (nSPS) is 11.9. The number of aryl methyl sites for hydroxylation is 1. The third kappa shape index (κ3) is 4.76. The first kappa shape index (κ1) is 23.9. The van der Waals surface area contributed by atoms with Crippen LogP contribution in [0.1, 0.15) is 11.1 Å². The highest BCUT2D eigenvalue weighted by Crippen LogP contribution is 2.36. The van der Waals surface area contributed by atoms with E-state index in [-0.39, 0.29) is 5.75 Å². The van der Waals surface area contributed by atoms with E-state index in [9.17, 15) is 8.42 Å². The molecule has 190 valence electrons. The quantitative estimate of drug-likeness (QED) is 0.328. The molecule has 0 aliphatic rings. The summed E-state index contributed by atoms with van der Waals surface area (Å²) in [5.74, 6) is 0.479. The summed E-state index contributed by atoms with van der Waals surface area (Å²) >= 11 is 0. The van der Waals surface area contributed by atoms with Crippen molar-refractivity contribution < 1.29 is 8.42 Å². The van der Waals surface area contributed by atoms with Gasteiger partial charge in [-0.2, -0.15) is 10.2 Å². The van der Waals surface area contributed by atoms with E-state index in [1.807, 2.05) is 47.1 Å². The monoisotopic (exact) mass is 522 g/mol. The summed E-state index contributed by atoms with van der Waals surface area (Å²) in [4.78, 5) is 4.25. The van der Waals surface area contributed by atoms with E-state index in [4.69, 9.17) is 10.8 Å². The molecule has 0 unspecified atom stereocenters. The van der Waals surface area contributed by atoms with Crippen LogP contribution in [0.3, 0.4) is 0 Å². The van der Waals surface area contributed by atoms with E-state index in [1.165, 1.54) is 18.1 Å². The molecular formula is C29H26N6O2S. The number of aromatic nitrogens is 5. The lowest BCUT2D eigenvalue weighted by molar-refractivity contribution is 0.601. The Balaban J connectivity index is 1.41. The molecule has 38 heavy (non-hydrogen) atoms. The molecule has 0 bridgehead atoms. The zero-order valence-electron chi connectivity index (χ0n) is 20.8. The third-order valence-electron chi connectivity index (χ3n) is 6.62. The zero-order valence-corrected chi connectivity index (χ0v) is 21.6. The van der Waals surface area contributed by atoms with Crippen LogP contribution >= 0.6 is 0 Å².